The fourth-order valence-corrected chi connectivity index (χ4v) is 3.21. The highest BCUT2D eigenvalue weighted by atomic mass is 16.6. The van der Waals surface area contributed by atoms with E-state index in [2.05, 4.69) is 10.5 Å². The fraction of sp³-hybridized carbons (Fsp3) is 0.278. The van der Waals surface area contributed by atoms with Gasteiger partial charge in [0.25, 0.3) is 11.4 Å². The number of hydrogen-bond acceptors (Lipinski definition) is 6. The zero-order chi connectivity index (χ0) is 18.5. The number of hydrazone groups is 1. The van der Waals surface area contributed by atoms with E-state index in [1.54, 1.807) is 0 Å². The van der Waals surface area contributed by atoms with Crippen molar-refractivity contribution in [3.8, 4) is 0 Å². The summed E-state index contributed by atoms with van der Waals surface area (Å²) in [6, 6.07) is 13.3. The molecule has 0 heterocycles. The molecule has 0 aliphatic heterocycles. The normalized spacial score (nSPS) is 18.5. The second-order valence-electron chi connectivity index (χ2n) is 6.14. The van der Waals surface area contributed by atoms with Gasteiger partial charge in [-0.15, -0.1) is 0 Å². The lowest BCUT2D eigenvalue weighted by molar-refractivity contribution is -0.394. The van der Waals surface area contributed by atoms with Gasteiger partial charge in [-0.3, -0.25) is 25.7 Å². The molecule has 26 heavy (non-hydrogen) atoms. The van der Waals surface area contributed by atoms with Gasteiger partial charge >= 0.3 is 0 Å². The van der Waals surface area contributed by atoms with Crippen molar-refractivity contribution in [1.29, 1.82) is 0 Å². The molecule has 1 unspecified atom stereocenters. The van der Waals surface area contributed by atoms with Crippen LogP contribution in [-0.4, -0.2) is 15.6 Å². The van der Waals surface area contributed by atoms with Crippen LogP contribution in [0.4, 0.5) is 17.1 Å². The lowest BCUT2D eigenvalue weighted by Crippen LogP contribution is -2.20. The van der Waals surface area contributed by atoms with E-state index in [1.165, 1.54) is 12.1 Å². The lowest BCUT2D eigenvalue weighted by Gasteiger charge is -2.24. The molecule has 0 amide bonds. The molecule has 8 nitrogen and oxygen atoms in total. The maximum Gasteiger partial charge on any atom is 0.280 e. The largest absolute Gasteiger partial charge is 0.280 e. The molecule has 1 atom stereocenters. The van der Waals surface area contributed by atoms with Crippen molar-refractivity contribution in [3.63, 3.8) is 0 Å². The van der Waals surface area contributed by atoms with Crippen LogP contribution in [0, 0.1) is 20.2 Å². The van der Waals surface area contributed by atoms with Crippen LogP contribution >= 0.6 is 0 Å². The quantitative estimate of drug-likeness (QED) is 0.621. The summed E-state index contributed by atoms with van der Waals surface area (Å²) in [6.07, 6.45) is 3.36. The van der Waals surface area contributed by atoms with Gasteiger partial charge in [0.15, 0.2) is 0 Å². The third-order valence-electron chi connectivity index (χ3n) is 4.48. The summed E-state index contributed by atoms with van der Waals surface area (Å²) in [7, 11) is 0. The molecule has 0 aromatic heterocycles. The fourth-order valence-electron chi connectivity index (χ4n) is 3.21. The highest BCUT2D eigenvalue weighted by molar-refractivity contribution is 5.93. The number of nitrogens with one attached hydrogen (secondary N) is 1. The minimum atomic E-state index is -0.621. The van der Waals surface area contributed by atoms with Crippen LogP contribution in [-0.2, 0) is 0 Å². The third kappa shape index (κ3) is 3.85. The number of non-ortho nitro benzene ring substituents is 1. The summed E-state index contributed by atoms with van der Waals surface area (Å²) in [6.45, 7) is 0. The Morgan fingerprint density at radius 2 is 1.77 bits per heavy atom. The first-order valence-corrected chi connectivity index (χ1v) is 8.36. The monoisotopic (exact) mass is 354 g/mol. The van der Waals surface area contributed by atoms with E-state index in [9.17, 15) is 20.2 Å². The molecule has 0 radical (unpaired) electrons. The van der Waals surface area contributed by atoms with E-state index in [1.807, 2.05) is 30.3 Å². The minimum absolute atomic E-state index is 0.221. The summed E-state index contributed by atoms with van der Waals surface area (Å²) < 4.78 is 0. The van der Waals surface area contributed by atoms with Gasteiger partial charge in [0, 0.05) is 23.3 Å². The van der Waals surface area contributed by atoms with Crippen LogP contribution in [0.3, 0.4) is 0 Å². The van der Waals surface area contributed by atoms with Crippen molar-refractivity contribution >= 4 is 22.8 Å². The molecule has 1 aliphatic rings. The number of nitro benzene ring substituents is 2. The number of benzene rings is 2. The van der Waals surface area contributed by atoms with Crippen LogP contribution in [0.5, 0.6) is 0 Å². The van der Waals surface area contributed by atoms with E-state index in [-0.39, 0.29) is 17.3 Å². The molecule has 1 fully saturated rings. The van der Waals surface area contributed by atoms with Crippen LogP contribution in [0.15, 0.2) is 53.6 Å². The summed E-state index contributed by atoms with van der Waals surface area (Å²) in [5.74, 6) is -0.221. The zero-order valence-corrected chi connectivity index (χ0v) is 14.0. The van der Waals surface area contributed by atoms with Crippen molar-refractivity contribution in [2.75, 3.05) is 5.43 Å². The van der Waals surface area contributed by atoms with Crippen LogP contribution < -0.4 is 5.43 Å². The van der Waals surface area contributed by atoms with Crippen molar-refractivity contribution in [1.82, 2.24) is 0 Å². The van der Waals surface area contributed by atoms with Gasteiger partial charge < -0.3 is 0 Å². The Balaban J connectivity index is 1.94. The van der Waals surface area contributed by atoms with E-state index in [0.29, 0.717) is 5.56 Å². The van der Waals surface area contributed by atoms with Gasteiger partial charge in [0.05, 0.1) is 21.6 Å². The SMILES string of the molecule is O=[N+]([O-])c1ccc(C2CCCCC2=NNc2ccccc2)c([N+](=O)[O-])c1. The van der Waals surface area contributed by atoms with E-state index in [0.717, 1.165) is 43.1 Å². The number of anilines is 1. The molecule has 8 heteroatoms. The minimum Gasteiger partial charge on any atom is -0.279 e. The number of nitro groups is 2. The summed E-state index contributed by atoms with van der Waals surface area (Å²) in [5.41, 5.74) is 4.65. The van der Waals surface area contributed by atoms with Gasteiger partial charge in [0.1, 0.15) is 0 Å². The Morgan fingerprint density at radius 1 is 1.00 bits per heavy atom. The molecule has 2 aromatic carbocycles. The maximum atomic E-state index is 11.5. The molecule has 134 valence electrons. The Labute approximate surface area is 149 Å². The molecule has 1 N–H and O–H groups in total. The van der Waals surface area contributed by atoms with Gasteiger partial charge in [-0.25, -0.2) is 0 Å². The molecule has 1 saturated carbocycles. The topological polar surface area (TPSA) is 111 Å². The maximum absolute atomic E-state index is 11.5. The predicted octanol–water partition coefficient (Wildman–Crippen LogP) is 4.63. The molecule has 1 aliphatic carbocycles. The van der Waals surface area contributed by atoms with Crippen molar-refractivity contribution in [3.05, 3.63) is 74.3 Å². The summed E-state index contributed by atoms with van der Waals surface area (Å²) >= 11 is 0. The second kappa shape index (κ2) is 7.73. The zero-order valence-electron chi connectivity index (χ0n) is 14.0. The number of para-hydroxylation sites is 1. The Kier molecular flexibility index (Phi) is 5.21. The molecule has 3 rings (SSSR count). The highest BCUT2D eigenvalue weighted by Crippen LogP contribution is 2.37. The molecule has 0 bridgehead atoms. The molecular formula is C18H18N4O4. The Bertz CT molecular complexity index is 852. The van der Waals surface area contributed by atoms with Crippen LogP contribution in [0.1, 0.15) is 37.2 Å². The van der Waals surface area contributed by atoms with E-state index >= 15 is 0 Å². The van der Waals surface area contributed by atoms with Gasteiger partial charge in [-0.2, -0.15) is 5.10 Å². The molecule has 0 saturated heterocycles. The van der Waals surface area contributed by atoms with E-state index < -0.39 is 9.85 Å². The number of nitrogens with zero attached hydrogens (tertiary/aromatic N) is 3. The molecular weight excluding hydrogens is 336 g/mol. The molecule has 2 aromatic rings. The standard InChI is InChI=1S/C18H18N4O4/c23-21(24)14-10-11-16(18(12-14)22(25)26)15-8-4-5-9-17(15)20-19-13-6-2-1-3-7-13/h1-3,6-7,10-12,15,19H,4-5,8-9H2. The number of rotatable bonds is 5. The lowest BCUT2D eigenvalue weighted by atomic mass is 9.81. The second-order valence-corrected chi connectivity index (χ2v) is 6.14. The summed E-state index contributed by atoms with van der Waals surface area (Å²) in [5, 5.41) is 26.9. The molecule has 0 spiro atoms. The Hall–Kier alpha value is -3.29. The predicted molar refractivity (Wildman–Crippen MR) is 98.5 cm³/mol. The van der Waals surface area contributed by atoms with Gasteiger partial charge in [0.2, 0.25) is 0 Å². The van der Waals surface area contributed by atoms with Gasteiger partial charge in [-0.1, -0.05) is 24.6 Å². The average Bonchev–Trinajstić information content (AvgIpc) is 2.67. The number of hydrogen-bond donors (Lipinski definition) is 1. The van der Waals surface area contributed by atoms with Gasteiger partial charge in [-0.05, 0) is 37.5 Å². The highest BCUT2D eigenvalue weighted by Gasteiger charge is 2.30. The van der Waals surface area contributed by atoms with Crippen LogP contribution in [0.25, 0.3) is 0 Å². The summed E-state index contributed by atoms with van der Waals surface area (Å²) in [4.78, 5) is 21.2. The smallest absolute Gasteiger partial charge is 0.279 e. The van der Waals surface area contributed by atoms with Crippen LogP contribution in [0.2, 0.25) is 0 Å². The van der Waals surface area contributed by atoms with E-state index in [4.69, 9.17) is 0 Å². The Morgan fingerprint density at radius 3 is 2.46 bits per heavy atom. The first-order chi connectivity index (χ1) is 12.6. The van der Waals surface area contributed by atoms with Crippen molar-refractivity contribution in [2.24, 2.45) is 5.10 Å². The average molecular weight is 354 g/mol. The first kappa shape index (κ1) is 17.5. The first-order valence-electron chi connectivity index (χ1n) is 8.36. The van der Waals surface area contributed by atoms with Crippen molar-refractivity contribution < 1.29 is 9.85 Å². The van der Waals surface area contributed by atoms with Crippen molar-refractivity contribution in [2.45, 2.75) is 31.6 Å². The third-order valence-corrected chi connectivity index (χ3v) is 4.48.